The van der Waals surface area contributed by atoms with E-state index in [2.05, 4.69) is 27.3 Å². The molecule has 0 radical (unpaired) electrons. The maximum atomic E-state index is 12.5. The average molecular weight is 389 g/mol. The number of hydrogen-bond acceptors (Lipinski definition) is 5. The van der Waals surface area contributed by atoms with Crippen molar-refractivity contribution < 1.29 is 4.79 Å². The number of Topliss-reactive ketones (excluding diaryl/α,β-unsaturated/α-hetero) is 1. The van der Waals surface area contributed by atoms with Crippen molar-refractivity contribution in [3.05, 3.63) is 84.4 Å². The number of pyridine rings is 1. The van der Waals surface area contributed by atoms with Crippen LogP contribution >= 0.6 is 11.8 Å². The Balaban J connectivity index is 1.62. The summed E-state index contributed by atoms with van der Waals surface area (Å²) >= 11 is 1.40. The minimum absolute atomic E-state index is 0.0645. The summed E-state index contributed by atoms with van der Waals surface area (Å²) in [6.07, 6.45) is 5.38. The molecule has 140 valence electrons. The van der Waals surface area contributed by atoms with E-state index in [1.807, 2.05) is 64.8 Å². The van der Waals surface area contributed by atoms with E-state index in [0.717, 1.165) is 17.0 Å². The quantitative estimate of drug-likeness (QED) is 0.356. The molecule has 0 aliphatic carbocycles. The van der Waals surface area contributed by atoms with E-state index in [9.17, 15) is 4.79 Å². The Kier molecular flexibility index (Phi) is 5.34. The summed E-state index contributed by atoms with van der Waals surface area (Å²) in [5, 5.41) is 9.44. The molecule has 0 saturated heterocycles. The Morgan fingerprint density at radius 2 is 1.89 bits per heavy atom. The van der Waals surface area contributed by atoms with Crippen LogP contribution in [0.2, 0.25) is 0 Å². The maximum absolute atomic E-state index is 12.5. The predicted octanol–water partition coefficient (Wildman–Crippen LogP) is 3.70. The van der Waals surface area contributed by atoms with Gasteiger partial charge in [-0.05, 0) is 29.8 Å². The van der Waals surface area contributed by atoms with Gasteiger partial charge in [-0.25, -0.2) is 0 Å². The number of aryl methyl sites for hydroxylation is 1. The molecule has 3 aromatic heterocycles. The van der Waals surface area contributed by atoms with Crippen molar-refractivity contribution in [2.75, 3.05) is 5.75 Å². The van der Waals surface area contributed by atoms with E-state index in [1.54, 1.807) is 12.4 Å². The molecular formula is C21H19N5OS. The van der Waals surface area contributed by atoms with E-state index in [1.165, 1.54) is 11.8 Å². The smallest absolute Gasteiger partial charge is 0.192 e. The van der Waals surface area contributed by atoms with E-state index in [-0.39, 0.29) is 5.78 Å². The monoisotopic (exact) mass is 389 g/mol. The van der Waals surface area contributed by atoms with Gasteiger partial charge in [0.15, 0.2) is 16.8 Å². The molecule has 0 bridgehead atoms. The van der Waals surface area contributed by atoms with Crippen LogP contribution in [0.4, 0.5) is 0 Å². The second-order valence-electron chi connectivity index (χ2n) is 6.34. The molecule has 4 rings (SSSR count). The van der Waals surface area contributed by atoms with Gasteiger partial charge in [-0.1, -0.05) is 42.1 Å². The van der Waals surface area contributed by atoms with E-state index < -0.39 is 0 Å². The van der Waals surface area contributed by atoms with Crippen LogP contribution in [0.1, 0.15) is 16.1 Å². The first-order chi connectivity index (χ1) is 13.7. The van der Waals surface area contributed by atoms with Crippen LogP contribution in [-0.4, -0.2) is 35.9 Å². The highest BCUT2D eigenvalue weighted by atomic mass is 32.2. The lowest BCUT2D eigenvalue weighted by Crippen LogP contribution is -2.09. The summed E-state index contributed by atoms with van der Waals surface area (Å²) in [6.45, 7) is 0.624. The number of rotatable bonds is 7. The fourth-order valence-corrected chi connectivity index (χ4v) is 3.78. The third kappa shape index (κ3) is 3.89. The summed E-state index contributed by atoms with van der Waals surface area (Å²) in [7, 11) is 1.87. The van der Waals surface area contributed by atoms with Crippen LogP contribution in [-0.2, 0) is 13.6 Å². The molecule has 7 heteroatoms. The highest BCUT2D eigenvalue weighted by Gasteiger charge is 2.17. The average Bonchev–Trinajstić information content (AvgIpc) is 3.34. The molecule has 0 N–H and O–H groups in total. The van der Waals surface area contributed by atoms with Gasteiger partial charge in [0.1, 0.15) is 0 Å². The zero-order valence-corrected chi connectivity index (χ0v) is 16.2. The predicted molar refractivity (Wildman–Crippen MR) is 109 cm³/mol. The Labute approximate surface area is 167 Å². The summed E-state index contributed by atoms with van der Waals surface area (Å²) in [6, 6.07) is 17.7. The third-order valence-electron chi connectivity index (χ3n) is 4.38. The lowest BCUT2D eigenvalue weighted by atomic mass is 10.2. The summed E-state index contributed by atoms with van der Waals surface area (Å²) < 4.78 is 3.87. The lowest BCUT2D eigenvalue weighted by molar-refractivity contribution is 0.101. The molecule has 0 spiro atoms. The normalized spacial score (nSPS) is 10.9. The summed E-state index contributed by atoms with van der Waals surface area (Å²) in [4.78, 5) is 16.7. The minimum Gasteiger partial charge on any atom is -0.348 e. The minimum atomic E-state index is 0.0645. The van der Waals surface area contributed by atoms with Gasteiger partial charge in [0, 0.05) is 31.2 Å². The van der Waals surface area contributed by atoms with Crippen LogP contribution in [0.5, 0.6) is 0 Å². The highest BCUT2D eigenvalue weighted by molar-refractivity contribution is 7.99. The number of ketones is 1. The van der Waals surface area contributed by atoms with Crippen molar-refractivity contribution in [1.82, 2.24) is 24.3 Å². The van der Waals surface area contributed by atoms with Crippen molar-refractivity contribution >= 4 is 17.5 Å². The van der Waals surface area contributed by atoms with Gasteiger partial charge >= 0.3 is 0 Å². The zero-order valence-electron chi connectivity index (χ0n) is 15.4. The van der Waals surface area contributed by atoms with Crippen molar-refractivity contribution in [3.8, 4) is 11.4 Å². The van der Waals surface area contributed by atoms with Crippen LogP contribution in [0.25, 0.3) is 11.4 Å². The number of carbonyl (C=O) groups excluding carboxylic acids is 1. The van der Waals surface area contributed by atoms with Crippen LogP contribution in [0.3, 0.4) is 0 Å². The van der Waals surface area contributed by atoms with Gasteiger partial charge < -0.3 is 4.57 Å². The van der Waals surface area contributed by atoms with Gasteiger partial charge in [0.05, 0.1) is 18.0 Å². The number of aromatic nitrogens is 5. The van der Waals surface area contributed by atoms with E-state index in [0.29, 0.717) is 23.1 Å². The molecule has 0 aliphatic heterocycles. The third-order valence-corrected chi connectivity index (χ3v) is 5.35. The maximum Gasteiger partial charge on any atom is 0.192 e. The lowest BCUT2D eigenvalue weighted by Gasteiger charge is -2.10. The largest absolute Gasteiger partial charge is 0.348 e. The van der Waals surface area contributed by atoms with Crippen molar-refractivity contribution in [2.24, 2.45) is 7.05 Å². The standard InChI is InChI=1S/C21H19N5OS/c1-25-12-6-10-18(25)19(27)15-28-21-24-23-20(17-9-5-11-22-13-17)26(21)14-16-7-3-2-4-8-16/h2-13H,14-15H2,1H3. The number of nitrogens with zero attached hydrogens (tertiary/aromatic N) is 5. The first-order valence-electron chi connectivity index (χ1n) is 8.87. The fraction of sp³-hybridized carbons (Fsp3) is 0.143. The van der Waals surface area contributed by atoms with Crippen molar-refractivity contribution in [1.29, 1.82) is 0 Å². The Morgan fingerprint density at radius 1 is 1.04 bits per heavy atom. The highest BCUT2D eigenvalue weighted by Crippen LogP contribution is 2.25. The molecule has 3 heterocycles. The molecule has 0 amide bonds. The SMILES string of the molecule is Cn1cccc1C(=O)CSc1nnc(-c2cccnc2)n1Cc1ccccc1. The summed E-state index contributed by atoms with van der Waals surface area (Å²) in [5.41, 5.74) is 2.73. The van der Waals surface area contributed by atoms with E-state index >= 15 is 0 Å². The number of hydrogen-bond donors (Lipinski definition) is 0. The molecule has 6 nitrogen and oxygen atoms in total. The second kappa shape index (κ2) is 8.22. The zero-order chi connectivity index (χ0) is 19.3. The molecular weight excluding hydrogens is 370 g/mol. The van der Waals surface area contributed by atoms with Gasteiger partial charge in [0.2, 0.25) is 0 Å². The molecule has 0 aliphatic rings. The molecule has 4 aromatic rings. The Bertz CT molecular complexity index is 1070. The fourth-order valence-electron chi connectivity index (χ4n) is 2.97. The van der Waals surface area contributed by atoms with Crippen molar-refractivity contribution in [3.63, 3.8) is 0 Å². The number of thioether (sulfide) groups is 1. The number of carbonyl (C=O) groups is 1. The molecule has 0 atom stereocenters. The Hall–Kier alpha value is -3.19. The van der Waals surface area contributed by atoms with Crippen LogP contribution in [0, 0.1) is 0 Å². The van der Waals surface area contributed by atoms with E-state index in [4.69, 9.17) is 0 Å². The molecule has 0 fully saturated rings. The Morgan fingerprint density at radius 3 is 2.61 bits per heavy atom. The van der Waals surface area contributed by atoms with Crippen LogP contribution < -0.4 is 0 Å². The first-order valence-corrected chi connectivity index (χ1v) is 9.86. The molecule has 0 saturated carbocycles. The first kappa shape index (κ1) is 18.2. The van der Waals surface area contributed by atoms with Gasteiger partial charge in [-0.15, -0.1) is 10.2 Å². The van der Waals surface area contributed by atoms with Gasteiger partial charge in [-0.2, -0.15) is 0 Å². The number of benzene rings is 1. The summed E-state index contributed by atoms with van der Waals surface area (Å²) in [5.74, 6) is 1.11. The topological polar surface area (TPSA) is 65.6 Å². The molecule has 1 aromatic carbocycles. The van der Waals surface area contributed by atoms with Gasteiger partial charge in [0.25, 0.3) is 0 Å². The second-order valence-corrected chi connectivity index (χ2v) is 7.28. The molecule has 28 heavy (non-hydrogen) atoms. The van der Waals surface area contributed by atoms with Crippen molar-refractivity contribution in [2.45, 2.75) is 11.7 Å². The van der Waals surface area contributed by atoms with Gasteiger partial charge in [-0.3, -0.25) is 14.3 Å². The molecule has 0 unspecified atom stereocenters. The van der Waals surface area contributed by atoms with Crippen LogP contribution in [0.15, 0.2) is 78.3 Å².